The van der Waals surface area contributed by atoms with Crippen molar-refractivity contribution in [2.45, 2.75) is 25.8 Å². The summed E-state index contributed by atoms with van der Waals surface area (Å²) in [6.45, 7) is 2.13. The molecule has 1 aliphatic rings. The molecule has 2 aromatic rings. The SMILES string of the molecule is CCCC1C=Cc2ccccc2N1C(=O)c1ccc(OC)c(OC)c1. The van der Waals surface area contributed by atoms with Crippen LogP contribution in [0.15, 0.2) is 48.5 Å². The number of benzene rings is 2. The Kier molecular flexibility index (Phi) is 5.08. The molecule has 4 heteroatoms. The third-order valence-corrected chi connectivity index (χ3v) is 4.46. The zero-order valence-electron chi connectivity index (χ0n) is 14.9. The van der Waals surface area contributed by atoms with E-state index in [2.05, 4.69) is 19.1 Å². The maximum absolute atomic E-state index is 13.3. The van der Waals surface area contributed by atoms with Crippen molar-refractivity contribution in [3.63, 3.8) is 0 Å². The molecule has 3 rings (SSSR count). The normalized spacial score (nSPS) is 15.6. The number of rotatable bonds is 5. The fourth-order valence-electron chi connectivity index (χ4n) is 3.22. The topological polar surface area (TPSA) is 38.8 Å². The molecule has 25 heavy (non-hydrogen) atoms. The molecule has 4 nitrogen and oxygen atoms in total. The Hall–Kier alpha value is -2.75. The highest BCUT2D eigenvalue weighted by molar-refractivity contribution is 6.08. The number of amides is 1. The molecule has 0 N–H and O–H groups in total. The van der Waals surface area contributed by atoms with Crippen molar-refractivity contribution in [2.75, 3.05) is 19.1 Å². The van der Waals surface area contributed by atoms with Crippen LogP contribution in [0.5, 0.6) is 11.5 Å². The summed E-state index contributed by atoms with van der Waals surface area (Å²) in [6, 6.07) is 13.3. The van der Waals surface area contributed by atoms with E-state index in [-0.39, 0.29) is 11.9 Å². The lowest BCUT2D eigenvalue weighted by molar-refractivity contribution is 0.0979. The molecular weight excluding hydrogens is 314 g/mol. The van der Waals surface area contributed by atoms with Crippen molar-refractivity contribution >= 4 is 17.7 Å². The van der Waals surface area contributed by atoms with Gasteiger partial charge in [0.15, 0.2) is 11.5 Å². The highest BCUT2D eigenvalue weighted by atomic mass is 16.5. The standard InChI is InChI=1S/C21H23NO3/c1-4-7-17-12-10-15-8-5-6-9-18(15)22(17)21(23)16-11-13-19(24-2)20(14-16)25-3/h5-6,8-14,17H,4,7H2,1-3H3. The van der Waals surface area contributed by atoms with Crippen molar-refractivity contribution in [1.82, 2.24) is 0 Å². The van der Waals surface area contributed by atoms with Gasteiger partial charge in [0.1, 0.15) is 0 Å². The third-order valence-electron chi connectivity index (χ3n) is 4.46. The summed E-state index contributed by atoms with van der Waals surface area (Å²) in [5.41, 5.74) is 2.59. The number of nitrogens with zero attached hydrogens (tertiary/aromatic N) is 1. The molecule has 1 unspecified atom stereocenters. The van der Waals surface area contributed by atoms with Gasteiger partial charge in [-0.1, -0.05) is 43.7 Å². The highest BCUT2D eigenvalue weighted by Gasteiger charge is 2.28. The fourth-order valence-corrected chi connectivity index (χ4v) is 3.22. The molecule has 0 fully saturated rings. The van der Waals surface area contributed by atoms with Crippen LogP contribution in [0.2, 0.25) is 0 Å². The summed E-state index contributed by atoms with van der Waals surface area (Å²) >= 11 is 0. The van der Waals surface area contributed by atoms with Crippen molar-refractivity contribution in [2.24, 2.45) is 0 Å². The average molecular weight is 337 g/mol. The Bertz CT molecular complexity index is 797. The first-order valence-corrected chi connectivity index (χ1v) is 8.52. The van der Waals surface area contributed by atoms with Gasteiger partial charge in [0.2, 0.25) is 0 Å². The maximum Gasteiger partial charge on any atom is 0.258 e. The molecule has 0 saturated carbocycles. The van der Waals surface area contributed by atoms with Gasteiger partial charge in [0, 0.05) is 5.56 Å². The van der Waals surface area contributed by atoms with Crippen LogP contribution in [-0.4, -0.2) is 26.2 Å². The van der Waals surface area contributed by atoms with Gasteiger partial charge in [0.25, 0.3) is 5.91 Å². The predicted molar refractivity (Wildman–Crippen MR) is 101 cm³/mol. The number of carbonyl (C=O) groups is 1. The van der Waals surface area contributed by atoms with Crippen LogP contribution in [-0.2, 0) is 0 Å². The van der Waals surface area contributed by atoms with E-state index in [0.29, 0.717) is 17.1 Å². The van der Waals surface area contributed by atoms with E-state index >= 15 is 0 Å². The Labute approximate surface area is 148 Å². The number of anilines is 1. The van der Waals surface area contributed by atoms with E-state index < -0.39 is 0 Å². The van der Waals surface area contributed by atoms with Gasteiger partial charge in [-0.2, -0.15) is 0 Å². The van der Waals surface area contributed by atoms with Gasteiger partial charge in [-0.05, 0) is 36.2 Å². The largest absolute Gasteiger partial charge is 0.493 e. The van der Waals surface area contributed by atoms with Gasteiger partial charge >= 0.3 is 0 Å². The second-order valence-electron chi connectivity index (χ2n) is 6.02. The summed E-state index contributed by atoms with van der Waals surface area (Å²) in [5.74, 6) is 1.14. The minimum absolute atomic E-state index is 0.0313. The Morgan fingerprint density at radius 3 is 2.56 bits per heavy atom. The van der Waals surface area contributed by atoms with E-state index in [1.54, 1.807) is 32.4 Å². The molecule has 0 saturated heterocycles. The summed E-state index contributed by atoms with van der Waals surface area (Å²) in [6.07, 6.45) is 6.15. The van der Waals surface area contributed by atoms with Crippen LogP contribution in [0.4, 0.5) is 5.69 Å². The number of methoxy groups -OCH3 is 2. The van der Waals surface area contributed by atoms with Crippen LogP contribution in [0, 0.1) is 0 Å². The number of carbonyl (C=O) groups excluding carboxylic acids is 1. The molecule has 0 spiro atoms. The van der Waals surface area contributed by atoms with Crippen molar-refractivity contribution < 1.29 is 14.3 Å². The number of ether oxygens (including phenoxy) is 2. The first kappa shape index (κ1) is 17.1. The van der Waals surface area contributed by atoms with E-state index in [9.17, 15) is 4.79 Å². The van der Waals surface area contributed by atoms with Gasteiger partial charge in [-0.25, -0.2) is 0 Å². The van der Waals surface area contributed by atoms with Crippen LogP contribution in [0.25, 0.3) is 6.08 Å². The minimum Gasteiger partial charge on any atom is -0.493 e. The third kappa shape index (κ3) is 3.25. The Morgan fingerprint density at radius 1 is 1.08 bits per heavy atom. The molecule has 0 aliphatic carbocycles. The molecule has 1 amide bonds. The molecule has 2 aromatic carbocycles. The minimum atomic E-state index is -0.0313. The summed E-state index contributed by atoms with van der Waals surface area (Å²) in [4.78, 5) is 15.2. The maximum atomic E-state index is 13.3. The zero-order chi connectivity index (χ0) is 17.8. The Balaban J connectivity index is 2.02. The fraction of sp³-hybridized carbons (Fsp3) is 0.286. The lowest BCUT2D eigenvalue weighted by Gasteiger charge is -2.34. The van der Waals surface area contributed by atoms with Gasteiger partial charge in [-0.3, -0.25) is 4.79 Å². The Morgan fingerprint density at radius 2 is 1.84 bits per heavy atom. The summed E-state index contributed by atoms with van der Waals surface area (Å²) in [5, 5.41) is 0. The van der Waals surface area contributed by atoms with Crippen LogP contribution < -0.4 is 14.4 Å². The lowest BCUT2D eigenvalue weighted by Crippen LogP contribution is -2.41. The summed E-state index contributed by atoms with van der Waals surface area (Å²) < 4.78 is 10.6. The van der Waals surface area contributed by atoms with E-state index in [0.717, 1.165) is 24.1 Å². The quantitative estimate of drug-likeness (QED) is 0.803. The number of hydrogen-bond acceptors (Lipinski definition) is 3. The number of fused-ring (bicyclic) bond motifs is 1. The van der Waals surface area contributed by atoms with E-state index in [4.69, 9.17) is 9.47 Å². The average Bonchev–Trinajstić information content (AvgIpc) is 2.67. The zero-order valence-corrected chi connectivity index (χ0v) is 14.9. The first-order chi connectivity index (χ1) is 12.2. The predicted octanol–water partition coefficient (Wildman–Crippen LogP) is 4.55. The molecule has 0 bridgehead atoms. The lowest BCUT2D eigenvalue weighted by atomic mass is 9.98. The second-order valence-corrected chi connectivity index (χ2v) is 6.02. The van der Waals surface area contributed by atoms with Crippen molar-refractivity contribution in [3.8, 4) is 11.5 Å². The molecule has 1 heterocycles. The van der Waals surface area contributed by atoms with Crippen molar-refractivity contribution in [1.29, 1.82) is 0 Å². The number of para-hydroxylation sites is 1. The number of hydrogen-bond donors (Lipinski definition) is 0. The van der Waals surface area contributed by atoms with Crippen LogP contribution >= 0.6 is 0 Å². The van der Waals surface area contributed by atoms with E-state index in [1.807, 2.05) is 29.2 Å². The van der Waals surface area contributed by atoms with Crippen molar-refractivity contribution in [3.05, 3.63) is 59.7 Å². The summed E-state index contributed by atoms with van der Waals surface area (Å²) in [7, 11) is 3.16. The molecule has 0 aromatic heterocycles. The second kappa shape index (κ2) is 7.43. The molecule has 0 radical (unpaired) electrons. The molecule has 1 aliphatic heterocycles. The van der Waals surface area contributed by atoms with Crippen LogP contribution in [0.1, 0.15) is 35.7 Å². The smallest absolute Gasteiger partial charge is 0.258 e. The van der Waals surface area contributed by atoms with Crippen LogP contribution in [0.3, 0.4) is 0 Å². The van der Waals surface area contributed by atoms with Gasteiger partial charge in [-0.15, -0.1) is 0 Å². The van der Waals surface area contributed by atoms with Gasteiger partial charge < -0.3 is 14.4 Å². The highest BCUT2D eigenvalue weighted by Crippen LogP contribution is 2.34. The molecule has 1 atom stereocenters. The van der Waals surface area contributed by atoms with E-state index in [1.165, 1.54) is 0 Å². The first-order valence-electron chi connectivity index (χ1n) is 8.52. The molecule has 130 valence electrons. The molecular formula is C21H23NO3. The van der Waals surface area contributed by atoms with Gasteiger partial charge in [0.05, 0.1) is 25.9 Å². The monoisotopic (exact) mass is 337 g/mol.